The molecule has 29 heavy (non-hydrogen) atoms. The molecular weight excluding hydrogens is 375 g/mol. The summed E-state index contributed by atoms with van der Waals surface area (Å²) in [4.78, 5) is 9.02. The van der Waals surface area contributed by atoms with Gasteiger partial charge in [-0.2, -0.15) is 5.10 Å². The van der Waals surface area contributed by atoms with E-state index in [9.17, 15) is 9.50 Å². The number of halogens is 1. The van der Waals surface area contributed by atoms with Crippen LogP contribution in [0.1, 0.15) is 26.0 Å². The maximum absolute atomic E-state index is 14.2. The van der Waals surface area contributed by atoms with Gasteiger partial charge >= 0.3 is 0 Å². The fourth-order valence-corrected chi connectivity index (χ4v) is 3.47. The molecule has 0 bridgehead atoms. The van der Waals surface area contributed by atoms with E-state index in [4.69, 9.17) is 4.74 Å². The van der Waals surface area contributed by atoms with Crippen LogP contribution in [0.25, 0.3) is 17.0 Å². The van der Waals surface area contributed by atoms with Crippen LogP contribution in [0.2, 0.25) is 0 Å². The fraction of sp³-hybridized carbons (Fsp3) is 0.450. The highest BCUT2D eigenvalue weighted by Crippen LogP contribution is 2.30. The van der Waals surface area contributed by atoms with E-state index >= 15 is 0 Å². The summed E-state index contributed by atoms with van der Waals surface area (Å²) in [5.41, 5.74) is 1.08. The molecule has 0 amide bonds. The average molecular weight is 400 g/mol. The van der Waals surface area contributed by atoms with Crippen LogP contribution in [0.4, 0.5) is 10.2 Å². The number of alkyl halides is 1. The highest BCUT2D eigenvalue weighted by atomic mass is 19.1. The summed E-state index contributed by atoms with van der Waals surface area (Å²) in [6.45, 7) is 4.54. The van der Waals surface area contributed by atoms with Crippen LogP contribution in [0.15, 0.2) is 30.5 Å². The van der Waals surface area contributed by atoms with Gasteiger partial charge in [0.2, 0.25) is 0 Å². The SMILES string of the molecule is COc1cc2ncc(-c3cccc(N[C@H]4CNCC[C@@H]4F)n3)n2nc1C(C)(C)O. The summed E-state index contributed by atoms with van der Waals surface area (Å²) in [7, 11) is 1.53. The molecule has 0 aromatic carbocycles. The lowest BCUT2D eigenvalue weighted by Crippen LogP contribution is -2.46. The zero-order valence-corrected chi connectivity index (χ0v) is 16.7. The summed E-state index contributed by atoms with van der Waals surface area (Å²) in [5.74, 6) is 1.05. The molecule has 154 valence electrons. The quantitative estimate of drug-likeness (QED) is 0.604. The Hall–Kier alpha value is -2.78. The van der Waals surface area contributed by atoms with Crippen molar-refractivity contribution in [2.75, 3.05) is 25.5 Å². The number of piperidine rings is 1. The lowest BCUT2D eigenvalue weighted by atomic mass is 10.0. The van der Waals surface area contributed by atoms with Crippen LogP contribution >= 0.6 is 0 Å². The second-order valence-corrected chi connectivity index (χ2v) is 7.70. The summed E-state index contributed by atoms with van der Waals surface area (Å²) >= 11 is 0. The van der Waals surface area contributed by atoms with Crippen molar-refractivity contribution in [3.63, 3.8) is 0 Å². The molecule has 3 aromatic heterocycles. The number of nitrogens with one attached hydrogen (secondary N) is 2. The van der Waals surface area contributed by atoms with E-state index in [2.05, 4.69) is 25.7 Å². The first-order valence-corrected chi connectivity index (χ1v) is 9.61. The van der Waals surface area contributed by atoms with Crippen molar-refractivity contribution in [1.82, 2.24) is 24.9 Å². The van der Waals surface area contributed by atoms with E-state index in [0.29, 0.717) is 53.8 Å². The van der Waals surface area contributed by atoms with Gasteiger partial charge in [-0.15, -0.1) is 0 Å². The zero-order chi connectivity index (χ0) is 20.6. The number of ether oxygens (including phenoxy) is 1. The van der Waals surface area contributed by atoms with Gasteiger partial charge in [-0.05, 0) is 38.9 Å². The maximum Gasteiger partial charge on any atom is 0.157 e. The van der Waals surface area contributed by atoms with E-state index in [-0.39, 0.29) is 6.04 Å². The van der Waals surface area contributed by atoms with Gasteiger partial charge in [0.05, 0.1) is 25.0 Å². The third kappa shape index (κ3) is 3.88. The van der Waals surface area contributed by atoms with Crippen molar-refractivity contribution in [2.45, 2.75) is 38.1 Å². The monoisotopic (exact) mass is 400 g/mol. The highest BCUT2D eigenvalue weighted by Gasteiger charge is 2.26. The minimum absolute atomic E-state index is 0.321. The minimum atomic E-state index is -1.19. The molecule has 0 saturated carbocycles. The zero-order valence-electron chi connectivity index (χ0n) is 16.7. The molecule has 0 spiro atoms. The Morgan fingerprint density at radius 1 is 1.38 bits per heavy atom. The molecule has 1 aliphatic rings. The second-order valence-electron chi connectivity index (χ2n) is 7.70. The Morgan fingerprint density at radius 3 is 2.93 bits per heavy atom. The smallest absolute Gasteiger partial charge is 0.157 e. The highest BCUT2D eigenvalue weighted by molar-refractivity contribution is 5.62. The average Bonchev–Trinajstić information content (AvgIpc) is 3.11. The van der Waals surface area contributed by atoms with Gasteiger partial charge < -0.3 is 20.5 Å². The maximum atomic E-state index is 14.2. The number of hydrogen-bond acceptors (Lipinski definition) is 7. The van der Waals surface area contributed by atoms with Crippen LogP contribution in [0, 0.1) is 0 Å². The number of pyridine rings is 1. The number of nitrogens with zero attached hydrogens (tertiary/aromatic N) is 4. The molecule has 0 aliphatic carbocycles. The van der Waals surface area contributed by atoms with Crippen molar-refractivity contribution < 1.29 is 14.2 Å². The lowest BCUT2D eigenvalue weighted by Gasteiger charge is -2.28. The number of aliphatic hydroxyl groups is 1. The topological polar surface area (TPSA) is 96.6 Å². The molecule has 3 aromatic rings. The summed E-state index contributed by atoms with van der Waals surface area (Å²) in [5, 5.41) is 21.4. The largest absolute Gasteiger partial charge is 0.495 e. The molecular formula is C20H25FN6O2. The van der Waals surface area contributed by atoms with Crippen molar-refractivity contribution in [3.8, 4) is 17.1 Å². The molecule has 3 N–H and O–H groups in total. The van der Waals surface area contributed by atoms with Gasteiger partial charge in [0.1, 0.15) is 34.7 Å². The fourth-order valence-electron chi connectivity index (χ4n) is 3.47. The van der Waals surface area contributed by atoms with Crippen molar-refractivity contribution in [2.24, 2.45) is 0 Å². The Morgan fingerprint density at radius 2 is 2.21 bits per heavy atom. The van der Waals surface area contributed by atoms with E-state index in [1.807, 2.05) is 18.2 Å². The number of anilines is 1. The van der Waals surface area contributed by atoms with Crippen LogP contribution in [-0.4, -0.2) is 57.1 Å². The molecule has 4 heterocycles. The Balaban J connectivity index is 1.71. The van der Waals surface area contributed by atoms with Crippen molar-refractivity contribution in [1.29, 1.82) is 0 Å². The minimum Gasteiger partial charge on any atom is -0.495 e. The first kappa shape index (κ1) is 19.5. The van der Waals surface area contributed by atoms with E-state index in [1.54, 1.807) is 30.6 Å². The van der Waals surface area contributed by atoms with Crippen molar-refractivity contribution in [3.05, 3.63) is 36.2 Å². The van der Waals surface area contributed by atoms with Gasteiger partial charge in [0.15, 0.2) is 5.65 Å². The first-order chi connectivity index (χ1) is 13.9. The van der Waals surface area contributed by atoms with Gasteiger partial charge in [-0.3, -0.25) is 0 Å². The number of hydrogen-bond donors (Lipinski definition) is 3. The van der Waals surface area contributed by atoms with Crippen LogP contribution in [-0.2, 0) is 5.60 Å². The number of aromatic nitrogens is 4. The second kappa shape index (κ2) is 7.57. The van der Waals surface area contributed by atoms with Gasteiger partial charge in [-0.1, -0.05) is 6.07 Å². The standard InChI is InChI=1S/C20H25FN6O2/c1-20(2,28)19-16(29-3)9-18-23-11-15(27(18)26-19)13-5-4-6-17(24-13)25-14-10-22-8-7-12(14)21/h4-6,9,11-12,14,22,28H,7-8,10H2,1-3H3,(H,24,25)/t12-,14-/m0/s1. The molecule has 0 radical (unpaired) electrons. The Kier molecular flexibility index (Phi) is 5.10. The molecule has 1 saturated heterocycles. The molecule has 0 unspecified atom stereocenters. The summed E-state index contributed by atoms with van der Waals surface area (Å²) < 4.78 is 21.1. The van der Waals surface area contributed by atoms with Gasteiger partial charge in [0.25, 0.3) is 0 Å². The third-order valence-electron chi connectivity index (χ3n) is 5.00. The molecule has 1 aliphatic heterocycles. The molecule has 9 heteroatoms. The summed E-state index contributed by atoms with van der Waals surface area (Å²) in [6.07, 6.45) is 1.24. The third-order valence-corrected chi connectivity index (χ3v) is 5.00. The molecule has 1 fully saturated rings. The number of methoxy groups -OCH3 is 1. The van der Waals surface area contributed by atoms with E-state index in [0.717, 1.165) is 0 Å². The molecule has 4 rings (SSSR count). The number of imidazole rings is 1. The molecule has 2 atom stereocenters. The normalized spacial score (nSPS) is 20.0. The number of rotatable bonds is 5. The van der Waals surface area contributed by atoms with Crippen molar-refractivity contribution >= 4 is 11.5 Å². The Bertz CT molecular complexity index is 1020. The predicted molar refractivity (Wildman–Crippen MR) is 108 cm³/mol. The van der Waals surface area contributed by atoms with Gasteiger partial charge in [0, 0.05) is 12.6 Å². The molecule has 8 nitrogen and oxygen atoms in total. The van der Waals surface area contributed by atoms with Crippen LogP contribution < -0.4 is 15.4 Å². The summed E-state index contributed by atoms with van der Waals surface area (Å²) in [6, 6.07) is 6.92. The van der Waals surface area contributed by atoms with Crippen LogP contribution in [0.3, 0.4) is 0 Å². The van der Waals surface area contributed by atoms with E-state index < -0.39 is 11.8 Å². The lowest BCUT2D eigenvalue weighted by molar-refractivity contribution is 0.0694. The predicted octanol–water partition coefficient (Wildman–Crippen LogP) is 2.14. The number of fused-ring (bicyclic) bond motifs is 1. The van der Waals surface area contributed by atoms with Gasteiger partial charge in [-0.25, -0.2) is 18.9 Å². The van der Waals surface area contributed by atoms with E-state index in [1.165, 1.54) is 7.11 Å². The first-order valence-electron chi connectivity index (χ1n) is 9.61. The Labute approximate surface area is 168 Å². The van der Waals surface area contributed by atoms with Crippen LogP contribution in [0.5, 0.6) is 5.75 Å².